The number of anilines is 2. The first kappa shape index (κ1) is 28.9. The Balaban J connectivity index is 1.74. The van der Waals surface area contributed by atoms with Gasteiger partial charge in [0.15, 0.2) is 5.82 Å². The van der Waals surface area contributed by atoms with E-state index in [-0.39, 0.29) is 34.1 Å². The van der Waals surface area contributed by atoms with Crippen molar-refractivity contribution >= 4 is 59.2 Å². The highest BCUT2D eigenvalue weighted by Crippen LogP contribution is 2.45. The molecule has 12 heteroatoms. The number of nitriles is 1. The predicted octanol–water partition coefficient (Wildman–Crippen LogP) is 5.30. The standard InChI is InChI=1S/C27H34Cl2N8O2/c1-15-23(36-25(32-3)34-17-5-4-6-19(38)13-17)37(18-7-9-27(2,10-8-18)24(31)39)26(33-15)35-22-20(28)11-16(14-30)12-21(22)29/h11-12,17-19,38H,3-10,13H2,1-2H3,(H2,31,39)(H,33,35)(H,34,36)/t17-,18-,19+,27+/m1/s1. The van der Waals surface area contributed by atoms with Gasteiger partial charge in [-0.25, -0.2) is 9.98 Å². The Morgan fingerprint density at radius 1 is 1.28 bits per heavy atom. The monoisotopic (exact) mass is 572 g/mol. The molecule has 2 saturated carbocycles. The molecule has 1 aromatic carbocycles. The number of nitrogens with two attached hydrogens (primary N) is 1. The zero-order valence-corrected chi connectivity index (χ0v) is 23.7. The van der Waals surface area contributed by atoms with E-state index in [0.29, 0.717) is 66.8 Å². The number of aliphatic imine (C=N–C) groups is 2. The van der Waals surface area contributed by atoms with Crippen LogP contribution < -0.4 is 16.4 Å². The molecule has 4 rings (SSSR count). The van der Waals surface area contributed by atoms with Crippen LogP contribution in [0.15, 0.2) is 22.1 Å². The second kappa shape index (κ2) is 11.9. The second-order valence-corrected chi connectivity index (χ2v) is 11.5. The van der Waals surface area contributed by atoms with Crippen LogP contribution >= 0.6 is 23.2 Å². The van der Waals surface area contributed by atoms with Gasteiger partial charge in [-0.3, -0.25) is 9.36 Å². The first-order valence-electron chi connectivity index (χ1n) is 13.1. The Hall–Kier alpha value is -3.13. The van der Waals surface area contributed by atoms with Crippen molar-refractivity contribution in [3.05, 3.63) is 33.4 Å². The first-order valence-corrected chi connectivity index (χ1v) is 13.8. The number of primary amides is 1. The van der Waals surface area contributed by atoms with Crippen LogP contribution in [0.3, 0.4) is 0 Å². The summed E-state index contributed by atoms with van der Waals surface area (Å²) in [7, 11) is 0. The van der Waals surface area contributed by atoms with Gasteiger partial charge in [-0.15, -0.1) is 0 Å². The molecule has 2 aliphatic carbocycles. The SMILES string of the molecule is C=N/C(=N\c1c(C)nc(Nc2c(Cl)cc(C#N)cc2Cl)n1[C@H]1CC[C@@](C)(C(N)=O)CC1)N[C@@H]1CCC[C@H](O)C1. The molecular weight excluding hydrogens is 539 g/mol. The summed E-state index contributed by atoms with van der Waals surface area (Å²) in [5, 5.41) is 26.5. The number of carbonyl (C=O) groups is 1. The molecule has 39 heavy (non-hydrogen) atoms. The Labute approximate surface area is 238 Å². The number of nitrogens with one attached hydrogen (secondary N) is 2. The van der Waals surface area contributed by atoms with E-state index in [4.69, 9.17) is 38.9 Å². The van der Waals surface area contributed by atoms with Gasteiger partial charge in [-0.05, 0) is 77.1 Å². The summed E-state index contributed by atoms with van der Waals surface area (Å²) in [5.41, 5.74) is 6.55. The summed E-state index contributed by atoms with van der Waals surface area (Å²) in [4.78, 5) is 25.8. The van der Waals surface area contributed by atoms with Crippen molar-refractivity contribution in [1.82, 2.24) is 14.9 Å². The maximum Gasteiger partial charge on any atom is 0.224 e. The highest BCUT2D eigenvalue weighted by atomic mass is 35.5. The number of rotatable bonds is 6. The lowest BCUT2D eigenvalue weighted by Crippen LogP contribution is -2.39. The lowest BCUT2D eigenvalue weighted by molar-refractivity contribution is -0.128. The van der Waals surface area contributed by atoms with Crippen molar-refractivity contribution in [1.29, 1.82) is 5.26 Å². The largest absolute Gasteiger partial charge is 0.393 e. The minimum atomic E-state index is -0.569. The molecule has 0 aliphatic heterocycles. The number of aromatic nitrogens is 2. The van der Waals surface area contributed by atoms with Gasteiger partial charge in [-0.1, -0.05) is 30.1 Å². The van der Waals surface area contributed by atoms with Crippen molar-refractivity contribution in [3.8, 4) is 6.07 Å². The minimum absolute atomic E-state index is 0.0366. The van der Waals surface area contributed by atoms with Gasteiger partial charge in [0, 0.05) is 17.5 Å². The molecule has 1 aromatic heterocycles. The van der Waals surface area contributed by atoms with Crippen LogP contribution in [0.25, 0.3) is 0 Å². The molecule has 0 spiro atoms. The number of benzene rings is 1. The summed E-state index contributed by atoms with van der Waals surface area (Å²) < 4.78 is 1.99. The molecule has 1 amide bonds. The Morgan fingerprint density at radius 2 is 1.95 bits per heavy atom. The Morgan fingerprint density at radius 3 is 2.51 bits per heavy atom. The average Bonchev–Trinajstić information content (AvgIpc) is 3.20. The Bertz CT molecular complexity index is 1300. The number of carbonyl (C=O) groups excluding carboxylic acids is 1. The van der Waals surface area contributed by atoms with Gasteiger partial charge < -0.3 is 21.5 Å². The third-order valence-electron chi connectivity index (χ3n) is 7.82. The zero-order valence-electron chi connectivity index (χ0n) is 22.2. The van der Waals surface area contributed by atoms with Crippen LogP contribution in [0, 0.1) is 23.7 Å². The van der Waals surface area contributed by atoms with Crippen LogP contribution in [0.1, 0.15) is 75.6 Å². The molecule has 0 bridgehead atoms. The minimum Gasteiger partial charge on any atom is -0.393 e. The van der Waals surface area contributed by atoms with E-state index in [0.717, 1.165) is 19.3 Å². The third kappa shape index (κ3) is 6.38. The molecule has 5 N–H and O–H groups in total. The van der Waals surface area contributed by atoms with Crippen LogP contribution in [0.5, 0.6) is 0 Å². The smallest absolute Gasteiger partial charge is 0.224 e. The van der Waals surface area contributed by atoms with Crippen molar-refractivity contribution in [2.24, 2.45) is 21.1 Å². The quantitative estimate of drug-likeness (QED) is 0.272. The summed E-state index contributed by atoms with van der Waals surface area (Å²) in [6.07, 6.45) is 5.48. The fraction of sp³-hybridized carbons (Fsp3) is 0.519. The topological polar surface area (TPSA) is 154 Å². The number of hydrogen-bond acceptors (Lipinski definition) is 6. The molecular formula is C27H34Cl2N8O2. The molecule has 2 aliphatic rings. The molecule has 10 nitrogen and oxygen atoms in total. The summed E-state index contributed by atoms with van der Waals surface area (Å²) in [6, 6.07) is 5.11. The van der Waals surface area contributed by atoms with Crippen molar-refractivity contribution in [3.63, 3.8) is 0 Å². The molecule has 0 radical (unpaired) electrons. The molecule has 0 saturated heterocycles. The summed E-state index contributed by atoms with van der Waals surface area (Å²) >= 11 is 13.0. The maximum atomic E-state index is 12.1. The molecule has 2 fully saturated rings. The van der Waals surface area contributed by atoms with Crippen molar-refractivity contribution in [2.45, 2.75) is 83.4 Å². The van der Waals surface area contributed by atoms with Crippen LogP contribution in [0.4, 0.5) is 17.5 Å². The molecule has 2 atom stereocenters. The van der Waals surface area contributed by atoms with E-state index in [1.807, 2.05) is 24.5 Å². The number of aryl methyl sites for hydroxylation is 1. The van der Waals surface area contributed by atoms with Gasteiger partial charge in [0.25, 0.3) is 0 Å². The zero-order chi connectivity index (χ0) is 28.3. The summed E-state index contributed by atoms with van der Waals surface area (Å²) in [6.45, 7) is 7.46. The molecule has 1 heterocycles. The second-order valence-electron chi connectivity index (χ2n) is 10.7. The van der Waals surface area contributed by atoms with E-state index in [2.05, 4.69) is 22.3 Å². The fourth-order valence-electron chi connectivity index (χ4n) is 5.41. The van der Waals surface area contributed by atoms with Gasteiger partial charge in [-0.2, -0.15) is 10.3 Å². The van der Waals surface area contributed by atoms with Crippen LogP contribution in [0.2, 0.25) is 10.0 Å². The van der Waals surface area contributed by atoms with E-state index >= 15 is 0 Å². The van der Waals surface area contributed by atoms with E-state index in [1.165, 1.54) is 12.1 Å². The van der Waals surface area contributed by atoms with Crippen LogP contribution in [-0.4, -0.2) is 45.4 Å². The number of nitrogens with zero attached hydrogens (tertiary/aromatic N) is 5. The number of aliphatic hydroxyl groups is 1. The number of imidazole rings is 1. The number of guanidine groups is 1. The predicted molar refractivity (Wildman–Crippen MR) is 154 cm³/mol. The average molecular weight is 574 g/mol. The van der Waals surface area contributed by atoms with Crippen molar-refractivity contribution < 1.29 is 9.90 Å². The number of halogens is 2. The first-order chi connectivity index (χ1) is 18.5. The normalized spacial score (nSPS) is 25.5. The van der Waals surface area contributed by atoms with Crippen molar-refractivity contribution in [2.75, 3.05) is 5.32 Å². The molecule has 0 unspecified atom stereocenters. The lowest BCUT2D eigenvalue weighted by Gasteiger charge is -2.36. The highest BCUT2D eigenvalue weighted by molar-refractivity contribution is 6.39. The Kier molecular flexibility index (Phi) is 8.84. The number of aliphatic hydroxyl groups excluding tert-OH is 1. The lowest BCUT2D eigenvalue weighted by atomic mass is 9.73. The van der Waals surface area contributed by atoms with E-state index in [1.54, 1.807) is 0 Å². The number of hydrogen-bond donors (Lipinski definition) is 4. The van der Waals surface area contributed by atoms with E-state index in [9.17, 15) is 15.2 Å². The molecule has 208 valence electrons. The van der Waals surface area contributed by atoms with E-state index < -0.39 is 5.41 Å². The summed E-state index contributed by atoms with van der Waals surface area (Å²) in [5.74, 6) is 1.10. The maximum absolute atomic E-state index is 12.1. The van der Waals surface area contributed by atoms with Gasteiger partial charge in [0.05, 0.1) is 39.2 Å². The molecule has 2 aromatic rings. The van der Waals surface area contributed by atoms with Gasteiger partial charge in [0.1, 0.15) is 0 Å². The highest BCUT2D eigenvalue weighted by Gasteiger charge is 2.38. The van der Waals surface area contributed by atoms with Gasteiger partial charge >= 0.3 is 0 Å². The van der Waals surface area contributed by atoms with Gasteiger partial charge in [0.2, 0.25) is 17.8 Å². The fourth-order valence-corrected chi connectivity index (χ4v) is 5.99. The number of amides is 1. The van der Waals surface area contributed by atoms with Crippen LogP contribution in [-0.2, 0) is 4.79 Å². The third-order valence-corrected chi connectivity index (χ3v) is 8.42.